The summed E-state index contributed by atoms with van der Waals surface area (Å²) in [5.74, 6) is 6.16. The van der Waals surface area contributed by atoms with Crippen LogP contribution in [0.1, 0.15) is 43.5 Å². The predicted molar refractivity (Wildman–Crippen MR) is 112 cm³/mol. The van der Waals surface area contributed by atoms with Gasteiger partial charge in [0.1, 0.15) is 0 Å². The van der Waals surface area contributed by atoms with Gasteiger partial charge in [0.25, 0.3) is 0 Å². The molecule has 4 heteroatoms. The van der Waals surface area contributed by atoms with E-state index in [1.165, 1.54) is 0 Å². The van der Waals surface area contributed by atoms with Crippen LogP contribution in [0.3, 0.4) is 0 Å². The van der Waals surface area contributed by atoms with Crippen LogP contribution in [0.4, 0.5) is 0 Å². The van der Waals surface area contributed by atoms with E-state index >= 15 is 0 Å². The first-order valence-corrected chi connectivity index (χ1v) is 9.87. The van der Waals surface area contributed by atoms with E-state index in [0.717, 1.165) is 11.1 Å². The zero-order valence-electron chi connectivity index (χ0n) is 15.9. The maximum Gasteiger partial charge on any atom is 0.0991 e. The lowest BCUT2D eigenvalue weighted by atomic mass is 9.93. The van der Waals surface area contributed by atoms with Crippen molar-refractivity contribution in [3.05, 3.63) is 83.9 Å². The molecule has 1 N–H and O–H groups in total. The first-order valence-electron chi connectivity index (χ1n) is 8.72. The third-order valence-electron chi connectivity index (χ3n) is 3.96. The number of nitrogens with zero attached hydrogens (tertiary/aromatic N) is 1. The number of benzene rings is 2. The summed E-state index contributed by atoms with van der Waals surface area (Å²) >= 11 is 0. The molecule has 2 rings (SSSR count). The van der Waals surface area contributed by atoms with E-state index < -0.39 is 15.7 Å². The summed E-state index contributed by atoms with van der Waals surface area (Å²) in [5, 5.41) is 9.03. The molecule has 0 amide bonds. The van der Waals surface area contributed by atoms with Crippen LogP contribution in [0.25, 0.3) is 0 Å². The van der Waals surface area contributed by atoms with Crippen molar-refractivity contribution < 1.29 is 4.21 Å². The van der Waals surface area contributed by atoms with Crippen LogP contribution in [0.15, 0.2) is 67.3 Å². The lowest BCUT2D eigenvalue weighted by Gasteiger charge is -2.27. The van der Waals surface area contributed by atoms with Gasteiger partial charge in [0.05, 0.1) is 39.3 Å². The van der Waals surface area contributed by atoms with Gasteiger partial charge in [-0.25, -0.2) is 8.93 Å². The molecule has 0 aliphatic carbocycles. The molecule has 0 heterocycles. The molecule has 0 aliphatic heterocycles. The van der Waals surface area contributed by atoms with E-state index in [9.17, 15) is 4.21 Å². The standard InChI is InChI=1S/C23H24N2OS/c1-5-20(14-11-18-9-7-6-8-10-18)22(25-27(26)23(2,3)4)21-15-12-19(17-24)13-16-21/h5-10,12-13,15-16,20,22,25H,1H2,2-4H3/t20-,22+,27?/m1/s1. The number of rotatable bonds is 5. The fraction of sp³-hybridized carbons (Fsp3) is 0.261. The Balaban J connectivity index is 2.39. The van der Waals surface area contributed by atoms with E-state index in [4.69, 9.17) is 5.26 Å². The van der Waals surface area contributed by atoms with Gasteiger partial charge in [-0.2, -0.15) is 5.26 Å². The average Bonchev–Trinajstić information content (AvgIpc) is 2.67. The van der Waals surface area contributed by atoms with Gasteiger partial charge in [-0.05, 0) is 50.6 Å². The summed E-state index contributed by atoms with van der Waals surface area (Å²) in [7, 11) is -1.28. The highest BCUT2D eigenvalue weighted by molar-refractivity contribution is 7.84. The van der Waals surface area contributed by atoms with Gasteiger partial charge in [0.2, 0.25) is 0 Å². The van der Waals surface area contributed by atoms with E-state index in [-0.39, 0.29) is 12.0 Å². The zero-order chi connectivity index (χ0) is 19.9. The summed E-state index contributed by atoms with van der Waals surface area (Å²) in [4.78, 5) is 0. The van der Waals surface area contributed by atoms with Crippen molar-refractivity contribution >= 4 is 11.0 Å². The SMILES string of the molecule is C=C[C@H](C#Cc1ccccc1)[C@H](NS(=O)C(C)(C)C)c1ccc(C#N)cc1. The molecule has 3 atom stereocenters. The van der Waals surface area contributed by atoms with Gasteiger partial charge in [0, 0.05) is 5.56 Å². The molecule has 0 spiro atoms. The molecule has 0 aliphatic rings. The first-order chi connectivity index (χ1) is 12.8. The minimum absolute atomic E-state index is 0.246. The summed E-state index contributed by atoms with van der Waals surface area (Å²) < 4.78 is 15.5. The van der Waals surface area contributed by atoms with Crippen LogP contribution in [0, 0.1) is 29.1 Å². The van der Waals surface area contributed by atoms with E-state index in [1.807, 2.05) is 63.2 Å². The Kier molecular flexibility index (Phi) is 7.13. The first kappa shape index (κ1) is 20.6. The predicted octanol–water partition coefficient (Wildman–Crippen LogP) is 4.51. The molecule has 3 nitrogen and oxygen atoms in total. The molecular weight excluding hydrogens is 352 g/mol. The van der Waals surface area contributed by atoms with E-state index in [1.54, 1.807) is 18.2 Å². The largest absolute Gasteiger partial charge is 0.242 e. The molecular formula is C23H24N2OS. The Morgan fingerprint density at radius 2 is 1.70 bits per heavy atom. The van der Waals surface area contributed by atoms with Crippen LogP contribution in [0.5, 0.6) is 0 Å². The Morgan fingerprint density at radius 1 is 1.07 bits per heavy atom. The molecule has 2 aromatic carbocycles. The van der Waals surface area contributed by atoms with Gasteiger partial charge in [-0.1, -0.05) is 48.2 Å². The smallest absolute Gasteiger partial charge is 0.0991 e. The van der Waals surface area contributed by atoms with Crippen molar-refractivity contribution in [2.75, 3.05) is 0 Å². The van der Waals surface area contributed by atoms with Crippen molar-refractivity contribution in [1.29, 1.82) is 5.26 Å². The zero-order valence-corrected chi connectivity index (χ0v) is 16.7. The molecule has 2 aromatic rings. The highest BCUT2D eigenvalue weighted by Gasteiger charge is 2.27. The molecule has 138 valence electrons. The van der Waals surface area contributed by atoms with Gasteiger partial charge >= 0.3 is 0 Å². The third-order valence-corrected chi connectivity index (χ3v) is 5.54. The van der Waals surface area contributed by atoms with Crippen LogP contribution in [-0.2, 0) is 11.0 Å². The van der Waals surface area contributed by atoms with Crippen molar-refractivity contribution in [3.63, 3.8) is 0 Å². The number of nitriles is 1. The van der Waals surface area contributed by atoms with Gasteiger partial charge in [-0.15, -0.1) is 6.58 Å². The van der Waals surface area contributed by atoms with Crippen LogP contribution < -0.4 is 4.72 Å². The number of nitrogens with one attached hydrogen (secondary N) is 1. The molecule has 0 saturated carbocycles. The van der Waals surface area contributed by atoms with Crippen molar-refractivity contribution in [2.45, 2.75) is 31.6 Å². The summed E-state index contributed by atoms with van der Waals surface area (Å²) in [6.07, 6.45) is 1.77. The fourth-order valence-electron chi connectivity index (χ4n) is 2.37. The van der Waals surface area contributed by atoms with Crippen molar-refractivity contribution in [3.8, 4) is 17.9 Å². The number of hydrogen-bond acceptors (Lipinski definition) is 2. The van der Waals surface area contributed by atoms with Gasteiger partial charge in [-0.3, -0.25) is 0 Å². The molecule has 0 bridgehead atoms. The van der Waals surface area contributed by atoms with Crippen LogP contribution in [0.2, 0.25) is 0 Å². The minimum Gasteiger partial charge on any atom is -0.242 e. The molecule has 1 unspecified atom stereocenters. The summed E-state index contributed by atoms with van der Waals surface area (Å²) in [5.41, 5.74) is 2.42. The van der Waals surface area contributed by atoms with Crippen molar-refractivity contribution in [1.82, 2.24) is 4.72 Å². The quantitative estimate of drug-likeness (QED) is 0.617. The Morgan fingerprint density at radius 3 is 2.22 bits per heavy atom. The second-order valence-electron chi connectivity index (χ2n) is 7.11. The Bertz CT molecular complexity index is 894. The molecule has 0 fully saturated rings. The average molecular weight is 377 g/mol. The second-order valence-corrected chi connectivity index (χ2v) is 9.11. The van der Waals surface area contributed by atoms with Gasteiger partial charge < -0.3 is 0 Å². The summed E-state index contributed by atoms with van der Waals surface area (Å²) in [6.45, 7) is 9.69. The molecule has 27 heavy (non-hydrogen) atoms. The maximum atomic E-state index is 12.7. The van der Waals surface area contributed by atoms with E-state index in [0.29, 0.717) is 5.56 Å². The normalized spacial score (nSPS) is 14.1. The third kappa shape index (κ3) is 5.93. The van der Waals surface area contributed by atoms with Crippen LogP contribution >= 0.6 is 0 Å². The van der Waals surface area contributed by atoms with Crippen LogP contribution in [-0.4, -0.2) is 8.96 Å². The Labute approximate surface area is 164 Å². The monoisotopic (exact) mass is 376 g/mol. The van der Waals surface area contributed by atoms with Crippen molar-refractivity contribution in [2.24, 2.45) is 5.92 Å². The highest BCUT2D eigenvalue weighted by atomic mass is 32.2. The lowest BCUT2D eigenvalue weighted by molar-refractivity contribution is 0.558. The molecule has 0 aromatic heterocycles. The second kappa shape index (κ2) is 9.33. The highest BCUT2D eigenvalue weighted by Crippen LogP contribution is 2.26. The fourth-order valence-corrected chi connectivity index (χ4v) is 3.24. The van der Waals surface area contributed by atoms with Gasteiger partial charge in [0.15, 0.2) is 0 Å². The topological polar surface area (TPSA) is 52.9 Å². The molecule has 0 saturated heterocycles. The van der Waals surface area contributed by atoms with E-state index in [2.05, 4.69) is 29.2 Å². The molecule has 0 radical (unpaired) electrons. The number of hydrogen-bond donors (Lipinski definition) is 1. The lowest BCUT2D eigenvalue weighted by Crippen LogP contribution is -2.38. The minimum atomic E-state index is -1.28. The maximum absolute atomic E-state index is 12.7. The summed E-state index contributed by atoms with van der Waals surface area (Å²) in [6, 6.07) is 18.8. The Hall–Kier alpha value is -2.66.